The quantitative estimate of drug-likeness (QED) is 0.369. The molecule has 4 aromatic rings. The van der Waals surface area contributed by atoms with Crippen LogP contribution in [0.5, 0.6) is 0 Å². The number of aliphatic hydroxyl groups is 1. The molecule has 0 aliphatic heterocycles. The van der Waals surface area contributed by atoms with Crippen LogP contribution in [0, 0.1) is 0 Å². The summed E-state index contributed by atoms with van der Waals surface area (Å²) in [5.41, 5.74) is 0.870. The van der Waals surface area contributed by atoms with E-state index in [2.05, 4.69) is 91.0 Å². The van der Waals surface area contributed by atoms with Gasteiger partial charge in [-0.15, -0.1) is 0 Å². The second-order valence-electron chi connectivity index (χ2n) is 7.40. The number of hydrogen-bond acceptors (Lipinski definition) is 1. The fourth-order valence-corrected chi connectivity index (χ4v) is 8.62. The summed E-state index contributed by atoms with van der Waals surface area (Å²) in [6.45, 7) is 0. The van der Waals surface area contributed by atoms with E-state index in [0.29, 0.717) is 11.4 Å². The third-order valence-electron chi connectivity index (χ3n) is 5.56. The van der Waals surface area contributed by atoms with E-state index in [1.165, 1.54) is 15.9 Å². The first-order chi connectivity index (χ1) is 14.7. The molecule has 0 aliphatic rings. The monoisotopic (exact) mass is 431 g/mol. The first kappa shape index (κ1) is 20.8. The molecular weight excluding hydrogens is 407 g/mol. The Morgan fingerprint density at radius 2 is 1.10 bits per heavy atom. The van der Waals surface area contributed by atoms with Gasteiger partial charge < -0.3 is 5.11 Å². The van der Waals surface area contributed by atoms with Crippen molar-refractivity contribution in [3.63, 3.8) is 0 Å². The minimum absolute atomic E-state index is 0.556. The molecule has 0 heterocycles. The molecule has 0 spiro atoms. The lowest BCUT2D eigenvalue weighted by Crippen LogP contribution is -2.33. The van der Waals surface area contributed by atoms with Crippen molar-refractivity contribution in [1.82, 2.24) is 0 Å². The molecular formula is C27H25ClOP+. The zero-order valence-electron chi connectivity index (χ0n) is 16.7. The SMILES string of the molecule is OC(CC[P+](c1ccccc1)(c1ccccc1)c1ccccc1)c1cccc(Cl)c1. The number of hydrogen-bond donors (Lipinski definition) is 1. The van der Waals surface area contributed by atoms with Crippen molar-refractivity contribution in [2.45, 2.75) is 12.5 Å². The van der Waals surface area contributed by atoms with Crippen molar-refractivity contribution in [2.24, 2.45) is 0 Å². The number of halogens is 1. The predicted octanol–water partition coefficient (Wildman–Crippen LogP) is 5.76. The molecule has 0 bridgehead atoms. The van der Waals surface area contributed by atoms with Gasteiger partial charge in [-0.25, -0.2) is 0 Å². The van der Waals surface area contributed by atoms with Gasteiger partial charge in [0.05, 0.1) is 12.3 Å². The molecule has 4 aromatic carbocycles. The molecule has 4 rings (SSSR count). The van der Waals surface area contributed by atoms with Crippen LogP contribution in [-0.2, 0) is 0 Å². The van der Waals surface area contributed by atoms with Crippen LogP contribution in [0.15, 0.2) is 115 Å². The summed E-state index contributed by atoms with van der Waals surface area (Å²) in [6.07, 6.45) is 0.977. The smallest absolute Gasteiger partial charge is 0.112 e. The van der Waals surface area contributed by atoms with Gasteiger partial charge in [0.2, 0.25) is 0 Å². The van der Waals surface area contributed by atoms with Crippen LogP contribution >= 0.6 is 18.9 Å². The van der Waals surface area contributed by atoms with E-state index in [0.717, 1.165) is 11.7 Å². The van der Waals surface area contributed by atoms with Gasteiger partial charge >= 0.3 is 0 Å². The van der Waals surface area contributed by atoms with Gasteiger partial charge in [-0.3, -0.25) is 0 Å². The van der Waals surface area contributed by atoms with Crippen molar-refractivity contribution >= 4 is 34.8 Å². The first-order valence-electron chi connectivity index (χ1n) is 10.2. The zero-order valence-corrected chi connectivity index (χ0v) is 18.4. The van der Waals surface area contributed by atoms with E-state index in [1.807, 2.05) is 24.3 Å². The first-order valence-corrected chi connectivity index (χ1v) is 12.5. The average molecular weight is 432 g/mol. The lowest BCUT2D eigenvalue weighted by atomic mass is 10.1. The summed E-state index contributed by atoms with van der Waals surface area (Å²) in [5, 5.41) is 15.7. The van der Waals surface area contributed by atoms with Gasteiger partial charge in [-0.2, -0.15) is 0 Å². The normalized spacial score (nSPS) is 12.5. The second kappa shape index (κ2) is 9.58. The number of benzene rings is 4. The van der Waals surface area contributed by atoms with Gasteiger partial charge in [0, 0.05) is 11.4 Å². The largest absolute Gasteiger partial charge is 0.388 e. The van der Waals surface area contributed by atoms with Crippen LogP contribution in [0.2, 0.25) is 5.02 Å². The van der Waals surface area contributed by atoms with E-state index in [1.54, 1.807) is 0 Å². The third-order valence-corrected chi connectivity index (χ3v) is 10.3. The number of rotatable bonds is 7. The van der Waals surface area contributed by atoms with Crippen molar-refractivity contribution in [3.8, 4) is 0 Å². The Morgan fingerprint density at radius 1 is 0.633 bits per heavy atom. The lowest BCUT2D eigenvalue weighted by molar-refractivity contribution is 0.174. The molecule has 1 atom stereocenters. The Labute approximate surface area is 184 Å². The van der Waals surface area contributed by atoms with Crippen LogP contribution in [0.3, 0.4) is 0 Å². The Bertz CT molecular complexity index is 971. The molecule has 1 unspecified atom stereocenters. The molecule has 1 nitrogen and oxygen atoms in total. The minimum atomic E-state index is -1.93. The fraction of sp³-hybridized carbons (Fsp3) is 0.111. The van der Waals surface area contributed by atoms with Crippen LogP contribution in [-0.4, -0.2) is 11.3 Å². The van der Waals surface area contributed by atoms with E-state index in [-0.39, 0.29) is 0 Å². The van der Waals surface area contributed by atoms with Crippen LogP contribution < -0.4 is 15.9 Å². The van der Waals surface area contributed by atoms with E-state index >= 15 is 0 Å². The fourth-order valence-electron chi connectivity index (χ4n) is 4.08. The highest BCUT2D eigenvalue weighted by Gasteiger charge is 2.45. The Morgan fingerprint density at radius 3 is 1.53 bits per heavy atom. The minimum Gasteiger partial charge on any atom is -0.388 e. The zero-order chi connectivity index (χ0) is 20.8. The third kappa shape index (κ3) is 4.35. The number of aliphatic hydroxyl groups excluding tert-OH is 1. The van der Waals surface area contributed by atoms with Gasteiger partial charge in [0.15, 0.2) is 0 Å². The lowest BCUT2D eigenvalue weighted by Gasteiger charge is -2.28. The molecule has 150 valence electrons. The molecule has 1 N–H and O–H groups in total. The highest BCUT2D eigenvalue weighted by Crippen LogP contribution is 2.56. The Kier molecular flexibility index (Phi) is 6.65. The second-order valence-corrected chi connectivity index (χ2v) is 11.5. The summed E-state index contributed by atoms with van der Waals surface area (Å²) in [4.78, 5) is 0. The molecule has 0 saturated heterocycles. The Balaban J connectivity index is 1.80. The van der Waals surface area contributed by atoms with Crippen molar-refractivity contribution in [2.75, 3.05) is 6.16 Å². The van der Waals surface area contributed by atoms with E-state index < -0.39 is 13.4 Å². The van der Waals surface area contributed by atoms with Crippen molar-refractivity contribution in [3.05, 3.63) is 126 Å². The highest BCUT2D eigenvalue weighted by molar-refractivity contribution is 7.95. The topological polar surface area (TPSA) is 20.2 Å². The van der Waals surface area contributed by atoms with Crippen LogP contribution in [0.25, 0.3) is 0 Å². The maximum Gasteiger partial charge on any atom is 0.112 e. The van der Waals surface area contributed by atoms with Crippen LogP contribution in [0.4, 0.5) is 0 Å². The molecule has 3 heteroatoms. The molecule has 0 saturated carbocycles. The Hall–Kier alpha value is -2.44. The molecule has 0 aromatic heterocycles. The molecule has 30 heavy (non-hydrogen) atoms. The maximum atomic E-state index is 11.0. The molecule has 0 radical (unpaired) electrons. The van der Waals surface area contributed by atoms with Crippen molar-refractivity contribution < 1.29 is 5.11 Å². The summed E-state index contributed by atoms with van der Waals surface area (Å²) in [5.74, 6) is 0. The molecule has 0 aliphatic carbocycles. The summed E-state index contributed by atoms with van der Waals surface area (Å²) < 4.78 is 0. The van der Waals surface area contributed by atoms with Gasteiger partial charge in [0.1, 0.15) is 23.2 Å². The standard InChI is InChI=1S/C27H25ClOP/c28-23-12-10-11-22(21-23)27(29)19-20-30(24-13-4-1-5-14-24,25-15-6-2-7-16-25)26-17-8-3-9-18-26/h1-18,21,27,29H,19-20H2/q+1. The van der Waals surface area contributed by atoms with E-state index in [4.69, 9.17) is 11.6 Å². The summed E-state index contributed by atoms with van der Waals surface area (Å²) >= 11 is 6.16. The van der Waals surface area contributed by atoms with Gasteiger partial charge in [-0.1, -0.05) is 78.3 Å². The predicted molar refractivity (Wildman–Crippen MR) is 131 cm³/mol. The van der Waals surface area contributed by atoms with Gasteiger partial charge in [0.25, 0.3) is 0 Å². The molecule has 0 amide bonds. The highest BCUT2D eigenvalue weighted by atomic mass is 35.5. The summed E-state index contributed by atoms with van der Waals surface area (Å²) in [7, 11) is -1.93. The summed E-state index contributed by atoms with van der Waals surface area (Å²) in [6, 6.07) is 39.8. The molecule has 0 fully saturated rings. The maximum absolute atomic E-state index is 11.0. The van der Waals surface area contributed by atoms with Crippen LogP contribution in [0.1, 0.15) is 18.1 Å². The van der Waals surface area contributed by atoms with Gasteiger partial charge in [-0.05, 0) is 54.1 Å². The van der Waals surface area contributed by atoms with Crippen molar-refractivity contribution in [1.29, 1.82) is 0 Å². The van der Waals surface area contributed by atoms with E-state index in [9.17, 15) is 5.11 Å². The average Bonchev–Trinajstić information content (AvgIpc) is 2.81.